The summed E-state index contributed by atoms with van der Waals surface area (Å²) in [6.45, 7) is 0. The Morgan fingerprint density at radius 2 is 0.333 bits per heavy atom. The molecular formula is C18H18O6. The summed E-state index contributed by atoms with van der Waals surface area (Å²) in [6.07, 6.45) is 0. The third-order valence-electron chi connectivity index (χ3n) is 2.55. The number of benzene rings is 3. The summed E-state index contributed by atoms with van der Waals surface area (Å²) in [6, 6.07) is 17.1. The highest BCUT2D eigenvalue weighted by molar-refractivity contribution is 5.29. The highest BCUT2D eigenvalue weighted by atomic mass is 16.3. The van der Waals surface area contributed by atoms with Crippen molar-refractivity contribution in [1.29, 1.82) is 0 Å². The molecule has 0 aliphatic rings. The lowest BCUT2D eigenvalue weighted by atomic mass is 10.3. The van der Waals surface area contributed by atoms with Gasteiger partial charge in [0.2, 0.25) is 0 Å². The molecule has 6 heteroatoms. The first-order valence-corrected chi connectivity index (χ1v) is 6.81. The third kappa shape index (κ3) is 8.04. The maximum absolute atomic E-state index is 8.65. The number of phenols is 6. The molecule has 6 nitrogen and oxygen atoms in total. The Bertz CT molecular complexity index is 540. The van der Waals surface area contributed by atoms with Crippen LogP contribution in [0.5, 0.6) is 34.5 Å². The van der Waals surface area contributed by atoms with Crippen molar-refractivity contribution in [2.45, 2.75) is 0 Å². The van der Waals surface area contributed by atoms with Crippen molar-refractivity contribution < 1.29 is 30.6 Å². The number of aromatic hydroxyl groups is 6. The van der Waals surface area contributed by atoms with E-state index in [1.54, 1.807) is 0 Å². The Kier molecular flexibility index (Phi) is 7.30. The molecule has 3 rings (SSSR count). The van der Waals surface area contributed by atoms with Crippen molar-refractivity contribution in [3.8, 4) is 34.5 Å². The zero-order valence-corrected chi connectivity index (χ0v) is 12.6. The maximum Gasteiger partial charge on any atom is 0.115 e. The summed E-state index contributed by atoms with van der Waals surface area (Å²) in [5.41, 5.74) is 0. The molecule has 0 aromatic heterocycles. The van der Waals surface area contributed by atoms with Crippen LogP contribution >= 0.6 is 0 Å². The van der Waals surface area contributed by atoms with Gasteiger partial charge in [0, 0.05) is 0 Å². The van der Waals surface area contributed by atoms with Crippen LogP contribution in [0.4, 0.5) is 0 Å². The molecule has 0 spiro atoms. The lowest BCUT2D eigenvalue weighted by molar-refractivity contribution is 0.460. The Morgan fingerprint density at radius 1 is 0.250 bits per heavy atom. The van der Waals surface area contributed by atoms with Crippen LogP contribution in [-0.2, 0) is 0 Å². The summed E-state index contributed by atoms with van der Waals surface area (Å²) in [7, 11) is 0. The van der Waals surface area contributed by atoms with Crippen LogP contribution in [0.15, 0.2) is 72.8 Å². The van der Waals surface area contributed by atoms with Crippen LogP contribution in [0.3, 0.4) is 0 Å². The van der Waals surface area contributed by atoms with E-state index in [0.29, 0.717) is 0 Å². The van der Waals surface area contributed by atoms with Crippen molar-refractivity contribution in [3.63, 3.8) is 0 Å². The van der Waals surface area contributed by atoms with Crippen LogP contribution in [0.25, 0.3) is 0 Å². The van der Waals surface area contributed by atoms with E-state index in [4.69, 9.17) is 30.6 Å². The van der Waals surface area contributed by atoms with Crippen LogP contribution in [0, 0.1) is 0 Å². The van der Waals surface area contributed by atoms with Gasteiger partial charge in [0.15, 0.2) is 0 Å². The predicted octanol–water partition coefficient (Wildman–Crippen LogP) is 3.29. The molecule has 0 radical (unpaired) electrons. The predicted molar refractivity (Wildman–Crippen MR) is 89.3 cm³/mol. The highest BCUT2D eigenvalue weighted by Crippen LogP contribution is 2.14. The zero-order chi connectivity index (χ0) is 17.9. The first-order chi connectivity index (χ1) is 11.4. The molecule has 0 unspecified atom stereocenters. The Morgan fingerprint density at radius 3 is 0.417 bits per heavy atom. The van der Waals surface area contributed by atoms with E-state index in [1.165, 1.54) is 72.8 Å². The monoisotopic (exact) mass is 330 g/mol. The summed E-state index contributed by atoms with van der Waals surface area (Å²) >= 11 is 0. The second-order valence-electron chi connectivity index (χ2n) is 4.55. The fourth-order valence-electron chi connectivity index (χ4n) is 1.36. The largest absolute Gasteiger partial charge is 0.508 e. The smallest absolute Gasteiger partial charge is 0.115 e. The van der Waals surface area contributed by atoms with Gasteiger partial charge in [-0.15, -0.1) is 0 Å². The Balaban J connectivity index is 0.000000180. The maximum atomic E-state index is 8.65. The molecule has 0 aliphatic heterocycles. The minimum atomic E-state index is 0.169. The lowest BCUT2D eigenvalue weighted by Crippen LogP contribution is -1.61. The molecule has 0 aliphatic carbocycles. The van der Waals surface area contributed by atoms with Crippen molar-refractivity contribution >= 4 is 0 Å². The molecule has 6 N–H and O–H groups in total. The average Bonchev–Trinajstić information content (AvgIpc) is 2.57. The van der Waals surface area contributed by atoms with E-state index in [1.807, 2.05) is 0 Å². The van der Waals surface area contributed by atoms with Crippen molar-refractivity contribution in [2.24, 2.45) is 0 Å². The van der Waals surface area contributed by atoms with Gasteiger partial charge in [0.05, 0.1) is 0 Å². The molecule has 3 aromatic carbocycles. The van der Waals surface area contributed by atoms with E-state index in [2.05, 4.69) is 0 Å². The topological polar surface area (TPSA) is 121 Å². The molecular weight excluding hydrogens is 312 g/mol. The normalized spacial score (nSPS) is 9.00. The van der Waals surface area contributed by atoms with Gasteiger partial charge < -0.3 is 30.6 Å². The Labute approximate surface area is 138 Å². The summed E-state index contributed by atoms with van der Waals surface area (Å²) in [5.74, 6) is 1.02. The van der Waals surface area contributed by atoms with Gasteiger partial charge >= 0.3 is 0 Å². The zero-order valence-electron chi connectivity index (χ0n) is 12.6. The van der Waals surface area contributed by atoms with E-state index in [-0.39, 0.29) is 34.5 Å². The van der Waals surface area contributed by atoms with Gasteiger partial charge in [-0.05, 0) is 72.8 Å². The Hall–Kier alpha value is -3.54. The summed E-state index contributed by atoms with van der Waals surface area (Å²) in [4.78, 5) is 0. The number of hydrogen-bond donors (Lipinski definition) is 6. The molecule has 0 atom stereocenters. The molecule has 0 amide bonds. The van der Waals surface area contributed by atoms with Crippen LogP contribution in [0.2, 0.25) is 0 Å². The van der Waals surface area contributed by atoms with E-state index in [0.717, 1.165) is 0 Å². The molecule has 126 valence electrons. The number of hydrogen-bond acceptors (Lipinski definition) is 6. The minimum absolute atomic E-state index is 0.169. The molecule has 0 saturated heterocycles. The molecule has 0 fully saturated rings. The molecule has 24 heavy (non-hydrogen) atoms. The van der Waals surface area contributed by atoms with Gasteiger partial charge in [-0.25, -0.2) is 0 Å². The summed E-state index contributed by atoms with van der Waals surface area (Å²) < 4.78 is 0. The number of rotatable bonds is 0. The molecule has 0 saturated carbocycles. The van der Waals surface area contributed by atoms with Crippen LogP contribution < -0.4 is 0 Å². The van der Waals surface area contributed by atoms with Gasteiger partial charge in [0.1, 0.15) is 34.5 Å². The first kappa shape index (κ1) is 18.5. The van der Waals surface area contributed by atoms with Crippen molar-refractivity contribution in [3.05, 3.63) is 72.8 Å². The molecule has 3 aromatic rings. The van der Waals surface area contributed by atoms with Crippen molar-refractivity contribution in [1.82, 2.24) is 0 Å². The van der Waals surface area contributed by atoms with Crippen molar-refractivity contribution in [2.75, 3.05) is 0 Å². The molecule has 0 heterocycles. The third-order valence-corrected chi connectivity index (χ3v) is 2.55. The summed E-state index contributed by atoms with van der Waals surface area (Å²) in [5, 5.41) is 51.9. The quantitative estimate of drug-likeness (QED) is 0.352. The van der Waals surface area contributed by atoms with Crippen LogP contribution in [-0.4, -0.2) is 30.6 Å². The van der Waals surface area contributed by atoms with Gasteiger partial charge in [-0.2, -0.15) is 0 Å². The van der Waals surface area contributed by atoms with Gasteiger partial charge in [-0.3, -0.25) is 0 Å². The molecule has 0 bridgehead atoms. The standard InChI is InChI=1S/3C6H6O2/c3*7-5-1-2-6(8)4-3-5/h3*1-4,7-8H. The van der Waals surface area contributed by atoms with Crippen LogP contribution in [0.1, 0.15) is 0 Å². The minimum Gasteiger partial charge on any atom is -0.508 e. The average molecular weight is 330 g/mol. The van der Waals surface area contributed by atoms with E-state index < -0.39 is 0 Å². The fraction of sp³-hybridized carbons (Fsp3) is 0. The SMILES string of the molecule is Oc1ccc(O)cc1.Oc1ccc(O)cc1.Oc1ccc(O)cc1. The number of phenolic OH excluding ortho intramolecular Hbond substituents is 6. The van der Waals surface area contributed by atoms with E-state index >= 15 is 0 Å². The van der Waals surface area contributed by atoms with Gasteiger partial charge in [-0.1, -0.05) is 0 Å². The van der Waals surface area contributed by atoms with Gasteiger partial charge in [0.25, 0.3) is 0 Å². The highest BCUT2D eigenvalue weighted by Gasteiger charge is 1.85. The lowest BCUT2D eigenvalue weighted by Gasteiger charge is -1.88. The first-order valence-electron chi connectivity index (χ1n) is 6.81. The second kappa shape index (κ2) is 9.47. The van der Waals surface area contributed by atoms with E-state index in [9.17, 15) is 0 Å². The fourth-order valence-corrected chi connectivity index (χ4v) is 1.36. The second-order valence-corrected chi connectivity index (χ2v) is 4.55.